The van der Waals surface area contributed by atoms with Crippen LogP contribution in [0.25, 0.3) is 0 Å². The number of rotatable bonds is 10. The first kappa shape index (κ1) is 23.8. The molecule has 168 valence electrons. The second kappa shape index (κ2) is 11.7. The second-order valence-corrected chi connectivity index (χ2v) is 9.01. The molecule has 0 saturated heterocycles. The molecule has 2 atom stereocenters. The van der Waals surface area contributed by atoms with E-state index in [1.807, 2.05) is 55.5 Å². The number of carbonyl (C=O) groups is 1. The highest BCUT2D eigenvalue weighted by Crippen LogP contribution is 2.26. The fourth-order valence-electron chi connectivity index (χ4n) is 3.54. The third-order valence-electron chi connectivity index (χ3n) is 5.40. The smallest absolute Gasteiger partial charge is 0.254 e. The topological polar surface area (TPSA) is 64.0 Å². The Morgan fingerprint density at radius 1 is 1.06 bits per heavy atom. The van der Waals surface area contributed by atoms with Gasteiger partial charge in [-0.25, -0.2) is 4.98 Å². The SMILES string of the molecule is CCCC(Sc1nc(CC)cc(=O)n1C)C(=O)NC(Cc1ccccc1)c1ccccc1. The van der Waals surface area contributed by atoms with E-state index < -0.39 is 0 Å². The van der Waals surface area contributed by atoms with Crippen molar-refractivity contribution in [1.29, 1.82) is 0 Å². The number of amides is 1. The molecule has 1 heterocycles. The summed E-state index contributed by atoms with van der Waals surface area (Å²) in [5, 5.41) is 3.53. The average Bonchev–Trinajstić information content (AvgIpc) is 2.82. The predicted molar refractivity (Wildman–Crippen MR) is 131 cm³/mol. The zero-order valence-electron chi connectivity index (χ0n) is 19.0. The van der Waals surface area contributed by atoms with E-state index in [0.29, 0.717) is 24.4 Å². The highest BCUT2D eigenvalue weighted by Gasteiger charge is 2.25. The Morgan fingerprint density at radius 2 is 1.72 bits per heavy atom. The lowest BCUT2D eigenvalue weighted by Gasteiger charge is -2.23. The zero-order chi connectivity index (χ0) is 22.9. The summed E-state index contributed by atoms with van der Waals surface area (Å²) >= 11 is 1.38. The van der Waals surface area contributed by atoms with E-state index in [4.69, 9.17) is 0 Å². The average molecular weight is 450 g/mol. The molecular weight excluding hydrogens is 418 g/mol. The number of hydrogen-bond acceptors (Lipinski definition) is 4. The molecule has 1 aromatic heterocycles. The summed E-state index contributed by atoms with van der Waals surface area (Å²) in [6.07, 6.45) is 2.96. The number of aromatic nitrogens is 2. The number of aryl methyl sites for hydroxylation is 1. The van der Waals surface area contributed by atoms with Crippen molar-refractivity contribution in [2.75, 3.05) is 0 Å². The Bertz CT molecular complexity index is 1070. The van der Waals surface area contributed by atoms with Crippen molar-refractivity contribution in [2.45, 2.75) is 56.0 Å². The van der Waals surface area contributed by atoms with Crippen LogP contribution < -0.4 is 10.9 Å². The van der Waals surface area contributed by atoms with Crippen molar-refractivity contribution in [2.24, 2.45) is 7.05 Å². The molecule has 1 N–H and O–H groups in total. The molecule has 0 aliphatic heterocycles. The van der Waals surface area contributed by atoms with Gasteiger partial charge in [-0.1, -0.05) is 92.7 Å². The number of hydrogen-bond donors (Lipinski definition) is 1. The van der Waals surface area contributed by atoms with Crippen LogP contribution in [-0.2, 0) is 24.7 Å². The predicted octanol–water partition coefficient (Wildman–Crippen LogP) is 4.70. The lowest BCUT2D eigenvalue weighted by molar-refractivity contribution is -0.121. The number of thioether (sulfide) groups is 1. The summed E-state index contributed by atoms with van der Waals surface area (Å²) in [6.45, 7) is 4.04. The molecule has 5 nitrogen and oxygen atoms in total. The molecule has 0 spiro atoms. The molecule has 1 amide bonds. The highest BCUT2D eigenvalue weighted by atomic mass is 32.2. The van der Waals surface area contributed by atoms with Gasteiger partial charge in [0.1, 0.15) is 0 Å². The molecule has 0 saturated carbocycles. The summed E-state index contributed by atoms with van der Waals surface area (Å²) < 4.78 is 1.53. The normalized spacial score (nSPS) is 12.8. The van der Waals surface area contributed by atoms with Gasteiger partial charge >= 0.3 is 0 Å². The molecule has 0 radical (unpaired) electrons. The van der Waals surface area contributed by atoms with Crippen molar-refractivity contribution < 1.29 is 4.79 Å². The van der Waals surface area contributed by atoms with Gasteiger partial charge in [0.25, 0.3) is 5.56 Å². The Kier molecular flexibility index (Phi) is 8.68. The highest BCUT2D eigenvalue weighted by molar-refractivity contribution is 8.00. The molecular formula is C26H31N3O2S. The van der Waals surface area contributed by atoms with Gasteiger partial charge in [0.2, 0.25) is 5.91 Å². The minimum atomic E-state index is -0.327. The fourth-order valence-corrected chi connectivity index (χ4v) is 4.74. The minimum Gasteiger partial charge on any atom is -0.348 e. The summed E-state index contributed by atoms with van der Waals surface area (Å²) in [7, 11) is 1.71. The Hall–Kier alpha value is -2.86. The van der Waals surface area contributed by atoms with E-state index in [1.54, 1.807) is 13.1 Å². The third-order valence-corrected chi connectivity index (χ3v) is 6.71. The zero-order valence-corrected chi connectivity index (χ0v) is 19.8. The van der Waals surface area contributed by atoms with Crippen molar-refractivity contribution in [3.8, 4) is 0 Å². The van der Waals surface area contributed by atoms with Crippen molar-refractivity contribution >= 4 is 17.7 Å². The largest absolute Gasteiger partial charge is 0.348 e. The summed E-state index contributed by atoms with van der Waals surface area (Å²) in [4.78, 5) is 30.3. The van der Waals surface area contributed by atoms with Gasteiger partial charge in [-0.2, -0.15) is 0 Å². The van der Waals surface area contributed by atoms with Gasteiger partial charge in [0.05, 0.1) is 11.3 Å². The van der Waals surface area contributed by atoms with E-state index >= 15 is 0 Å². The quantitative estimate of drug-likeness (QED) is 0.360. The molecule has 3 aromatic rings. The Balaban J connectivity index is 1.84. The molecule has 0 aliphatic rings. The van der Waals surface area contributed by atoms with E-state index in [1.165, 1.54) is 21.9 Å². The van der Waals surface area contributed by atoms with Crippen LogP contribution in [0.15, 0.2) is 76.7 Å². The fraction of sp³-hybridized carbons (Fsp3) is 0.346. The molecule has 0 aliphatic carbocycles. The first-order valence-corrected chi connectivity index (χ1v) is 12.0. The molecule has 0 bridgehead atoms. The maximum absolute atomic E-state index is 13.4. The maximum Gasteiger partial charge on any atom is 0.254 e. The molecule has 32 heavy (non-hydrogen) atoms. The number of nitrogens with one attached hydrogen (secondary N) is 1. The van der Waals surface area contributed by atoms with Crippen LogP contribution in [-0.4, -0.2) is 20.7 Å². The van der Waals surface area contributed by atoms with Crippen molar-refractivity contribution in [3.63, 3.8) is 0 Å². The van der Waals surface area contributed by atoms with Crippen molar-refractivity contribution in [3.05, 3.63) is 93.9 Å². The summed E-state index contributed by atoms with van der Waals surface area (Å²) in [5.41, 5.74) is 2.89. The molecule has 6 heteroatoms. The third kappa shape index (κ3) is 6.33. The van der Waals surface area contributed by atoms with Crippen LogP contribution in [0.4, 0.5) is 0 Å². The number of benzene rings is 2. The Labute approximate surface area is 194 Å². The van der Waals surface area contributed by atoms with Crippen LogP contribution in [0.1, 0.15) is 49.6 Å². The van der Waals surface area contributed by atoms with Crippen LogP contribution >= 0.6 is 11.8 Å². The van der Waals surface area contributed by atoms with Crippen LogP contribution in [0.3, 0.4) is 0 Å². The molecule has 2 unspecified atom stereocenters. The minimum absolute atomic E-state index is 0.0298. The monoisotopic (exact) mass is 449 g/mol. The lowest BCUT2D eigenvalue weighted by atomic mass is 9.98. The van der Waals surface area contributed by atoms with E-state index in [-0.39, 0.29) is 22.8 Å². The number of carbonyl (C=O) groups excluding carboxylic acids is 1. The second-order valence-electron chi connectivity index (χ2n) is 7.84. The summed E-state index contributed by atoms with van der Waals surface area (Å²) in [5.74, 6) is -0.0298. The molecule has 3 rings (SSSR count). The van der Waals surface area contributed by atoms with Gasteiger partial charge in [0.15, 0.2) is 5.16 Å². The lowest BCUT2D eigenvalue weighted by Crippen LogP contribution is -2.37. The standard InChI is InChI=1S/C26H31N3O2S/c1-4-12-23(32-26-27-21(5-2)18-24(30)29(26)3)25(31)28-22(20-15-10-7-11-16-20)17-19-13-8-6-9-14-19/h6-11,13-16,18,22-23H,4-5,12,17H2,1-3H3,(H,28,31). The van der Waals surface area contributed by atoms with E-state index in [0.717, 1.165) is 17.7 Å². The number of nitrogens with zero attached hydrogens (tertiary/aromatic N) is 2. The van der Waals surface area contributed by atoms with Crippen LogP contribution in [0, 0.1) is 0 Å². The Morgan fingerprint density at radius 3 is 2.34 bits per heavy atom. The molecule has 2 aromatic carbocycles. The first-order valence-electron chi connectivity index (χ1n) is 11.1. The van der Waals surface area contributed by atoms with E-state index in [2.05, 4.69) is 29.4 Å². The first-order chi connectivity index (χ1) is 15.5. The molecule has 0 fully saturated rings. The van der Waals surface area contributed by atoms with Crippen molar-refractivity contribution in [1.82, 2.24) is 14.9 Å². The van der Waals surface area contributed by atoms with Crippen LogP contribution in [0.5, 0.6) is 0 Å². The van der Waals surface area contributed by atoms with Gasteiger partial charge < -0.3 is 5.32 Å². The summed E-state index contributed by atoms with van der Waals surface area (Å²) in [6, 6.07) is 21.7. The van der Waals surface area contributed by atoms with Gasteiger partial charge in [-0.15, -0.1) is 0 Å². The van der Waals surface area contributed by atoms with E-state index in [9.17, 15) is 9.59 Å². The van der Waals surface area contributed by atoms with Crippen LogP contribution in [0.2, 0.25) is 0 Å². The van der Waals surface area contributed by atoms with Gasteiger partial charge in [-0.05, 0) is 30.4 Å². The van der Waals surface area contributed by atoms with Gasteiger partial charge in [0, 0.05) is 18.8 Å². The van der Waals surface area contributed by atoms with Gasteiger partial charge in [-0.3, -0.25) is 14.2 Å². The maximum atomic E-state index is 13.4.